The third-order valence-electron chi connectivity index (χ3n) is 4.62. The SMILES string of the molecule is CCc1nc2ccc(Br)cc2c(=O)n1N=Cc1cc(Br)ccc1Oc1ccc([N+](=O)[O-])cn1. The zero-order chi connectivity index (χ0) is 23.5. The number of halogens is 2. The average Bonchev–Trinajstić information content (AvgIpc) is 2.80. The molecule has 0 spiro atoms. The maximum Gasteiger partial charge on any atom is 0.287 e. The maximum atomic E-state index is 13.1. The number of aryl methyl sites for hydroxylation is 1. The number of rotatable bonds is 6. The Bertz CT molecular complexity index is 1450. The van der Waals surface area contributed by atoms with Crippen molar-refractivity contribution in [2.45, 2.75) is 13.3 Å². The summed E-state index contributed by atoms with van der Waals surface area (Å²) < 4.78 is 8.62. The molecule has 0 aliphatic rings. The number of benzene rings is 2. The molecular formula is C22H15Br2N5O4. The van der Waals surface area contributed by atoms with E-state index in [1.54, 1.807) is 30.3 Å². The molecule has 9 nitrogen and oxygen atoms in total. The Labute approximate surface area is 204 Å². The summed E-state index contributed by atoms with van der Waals surface area (Å²) in [4.78, 5) is 31.9. The van der Waals surface area contributed by atoms with Crippen LogP contribution < -0.4 is 10.3 Å². The van der Waals surface area contributed by atoms with Gasteiger partial charge in [-0.3, -0.25) is 14.9 Å². The van der Waals surface area contributed by atoms with Crippen LogP contribution in [0.15, 0.2) is 73.6 Å². The Balaban J connectivity index is 1.73. The van der Waals surface area contributed by atoms with E-state index >= 15 is 0 Å². The topological polar surface area (TPSA) is 113 Å². The summed E-state index contributed by atoms with van der Waals surface area (Å²) in [5.41, 5.74) is 0.737. The molecule has 0 amide bonds. The summed E-state index contributed by atoms with van der Waals surface area (Å²) in [6.45, 7) is 1.90. The molecule has 166 valence electrons. The standard InChI is InChI=1S/C22H15Br2N5O4/c1-2-20-27-18-6-3-15(24)10-17(18)22(30)28(20)26-11-13-9-14(23)4-7-19(13)33-21-8-5-16(12-25-21)29(31)32/h3-12H,2H2,1H3. The van der Waals surface area contributed by atoms with Crippen molar-refractivity contribution in [2.75, 3.05) is 0 Å². The molecule has 0 saturated heterocycles. The molecule has 4 aromatic rings. The molecule has 11 heteroatoms. The summed E-state index contributed by atoms with van der Waals surface area (Å²) in [5, 5.41) is 15.7. The predicted molar refractivity (Wildman–Crippen MR) is 131 cm³/mol. The third-order valence-corrected chi connectivity index (χ3v) is 5.61. The number of hydrogen-bond donors (Lipinski definition) is 0. The van der Waals surface area contributed by atoms with Crippen LogP contribution in [-0.2, 0) is 6.42 Å². The second kappa shape index (κ2) is 9.59. The molecule has 2 aromatic carbocycles. The highest BCUT2D eigenvalue weighted by atomic mass is 79.9. The van der Waals surface area contributed by atoms with Crippen molar-refractivity contribution in [3.8, 4) is 11.6 Å². The van der Waals surface area contributed by atoms with Gasteiger partial charge in [0, 0.05) is 33.1 Å². The van der Waals surface area contributed by atoms with Crippen LogP contribution in [0.5, 0.6) is 11.6 Å². The molecule has 0 N–H and O–H groups in total. The van der Waals surface area contributed by atoms with Crippen molar-refractivity contribution in [1.82, 2.24) is 14.6 Å². The largest absolute Gasteiger partial charge is 0.438 e. The van der Waals surface area contributed by atoms with Crippen molar-refractivity contribution >= 4 is 54.7 Å². The van der Waals surface area contributed by atoms with Crippen molar-refractivity contribution in [3.63, 3.8) is 0 Å². The number of ether oxygens (including phenoxy) is 1. The number of hydrogen-bond acceptors (Lipinski definition) is 7. The molecule has 2 heterocycles. The van der Waals surface area contributed by atoms with Gasteiger partial charge in [-0.1, -0.05) is 38.8 Å². The average molecular weight is 573 g/mol. The first-order chi connectivity index (χ1) is 15.9. The zero-order valence-corrected chi connectivity index (χ0v) is 20.3. The molecule has 0 bridgehead atoms. The molecule has 0 aliphatic carbocycles. The zero-order valence-electron chi connectivity index (χ0n) is 17.1. The van der Waals surface area contributed by atoms with Gasteiger partial charge in [-0.15, -0.1) is 0 Å². The summed E-state index contributed by atoms with van der Waals surface area (Å²) in [5.74, 6) is 1.10. The molecule has 33 heavy (non-hydrogen) atoms. The minimum absolute atomic E-state index is 0.137. The lowest BCUT2D eigenvalue weighted by atomic mass is 10.2. The van der Waals surface area contributed by atoms with E-state index < -0.39 is 4.92 Å². The van der Waals surface area contributed by atoms with Gasteiger partial charge in [0.2, 0.25) is 5.88 Å². The van der Waals surface area contributed by atoms with Gasteiger partial charge in [0.1, 0.15) is 17.8 Å². The molecular weight excluding hydrogens is 558 g/mol. The first kappa shape index (κ1) is 22.7. The number of pyridine rings is 1. The van der Waals surface area contributed by atoms with E-state index in [4.69, 9.17) is 4.74 Å². The lowest BCUT2D eigenvalue weighted by molar-refractivity contribution is -0.385. The second-order valence-corrected chi connectivity index (χ2v) is 8.63. The Morgan fingerprint density at radius 2 is 1.91 bits per heavy atom. The minimum atomic E-state index is -0.534. The third kappa shape index (κ3) is 4.99. The van der Waals surface area contributed by atoms with Gasteiger partial charge < -0.3 is 4.74 Å². The van der Waals surface area contributed by atoms with E-state index in [9.17, 15) is 14.9 Å². The Hall–Kier alpha value is -3.44. The molecule has 0 unspecified atom stereocenters. The van der Waals surface area contributed by atoms with Gasteiger partial charge in [0.25, 0.3) is 11.2 Å². The van der Waals surface area contributed by atoms with Crippen LogP contribution in [0.1, 0.15) is 18.3 Å². The van der Waals surface area contributed by atoms with Crippen molar-refractivity contribution < 1.29 is 9.66 Å². The van der Waals surface area contributed by atoms with E-state index in [2.05, 4.69) is 46.9 Å². The fourth-order valence-electron chi connectivity index (χ4n) is 3.03. The van der Waals surface area contributed by atoms with E-state index in [1.807, 2.05) is 13.0 Å². The second-order valence-electron chi connectivity index (χ2n) is 6.80. The van der Waals surface area contributed by atoms with Crippen LogP contribution in [0.3, 0.4) is 0 Å². The fraction of sp³-hybridized carbons (Fsp3) is 0.0909. The summed E-state index contributed by atoms with van der Waals surface area (Å²) in [6.07, 6.45) is 3.12. The van der Waals surface area contributed by atoms with Crippen molar-refractivity contribution in [1.29, 1.82) is 0 Å². The van der Waals surface area contributed by atoms with Crippen LogP contribution in [0.4, 0.5) is 5.69 Å². The molecule has 0 atom stereocenters. The molecule has 0 fully saturated rings. The minimum Gasteiger partial charge on any atom is -0.438 e. The van der Waals surface area contributed by atoms with Gasteiger partial charge >= 0.3 is 0 Å². The molecule has 4 rings (SSSR count). The lowest BCUT2D eigenvalue weighted by Gasteiger charge is -2.10. The van der Waals surface area contributed by atoms with Gasteiger partial charge in [0.15, 0.2) is 0 Å². The monoisotopic (exact) mass is 571 g/mol. The smallest absolute Gasteiger partial charge is 0.287 e. The Morgan fingerprint density at radius 1 is 1.15 bits per heavy atom. The van der Waals surface area contributed by atoms with Gasteiger partial charge in [-0.05, 0) is 36.4 Å². The van der Waals surface area contributed by atoms with Crippen LogP contribution in [0.25, 0.3) is 10.9 Å². The number of nitrogens with zero attached hydrogens (tertiary/aromatic N) is 5. The van der Waals surface area contributed by atoms with Crippen LogP contribution in [0.2, 0.25) is 0 Å². The number of nitro groups is 1. The fourth-order valence-corrected chi connectivity index (χ4v) is 3.77. The highest BCUT2D eigenvalue weighted by molar-refractivity contribution is 9.10. The van der Waals surface area contributed by atoms with Crippen LogP contribution >= 0.6 is 31.9 Å². The van der Waals surface area contributed by atoms with Gasteiger partial charge in [-0.2, -0.15) is 9.78 Å². The van der Waals surface area contributed by atoms with E-state index in [0.717, 1.165) is 15.1 Å². The lowest BCUT2D eigenvalue weighted by Crippen LogP contribution is -2.22. The van der Waals surface area contributed by atoms with Crippen molar-refractivity contribution in [2.24, 2.45) is 5.10 Å². The van der Waals surface area contributed by atoms with Gasteiger partial charge in [0.05, 0.1) is 22.0 Å². The highest BCUT2D eigenvalue weighted by Gasteiger charge is 2.12. The Kier molecular flexibility index (Phi) is 6.61. The van der Waals surface area contributed by atoms with E-state index in [1.165, 1.54) is 23.0 Å². The van der Waals surface area contributed by atoms with Gasteiger partial charge in [-0.25, -0.2) is 9.97 Å². The van der Waals surface area contributed by atoms with Crippen LogP contribution in [0, 0.1) is 10.1 Å². The van der Waals surface area contributed by atoms with Crippen LogP contribution in [-0.4, -0.2) is 25.8 Å². The Morgan fingerprint density at radius 3 is 2.61 bits per heavy atom. The predicted octanol–water partition coefficient (Wildman–Crippen LogP) is 5.46. The number of aromatic nitrogens is 3. The first-order valence-electron chi connectivity index (χ1n) is 9.69. The first-order valence-corrected chi connectivity index (χ1v) is 11.3. The molecule has 2 aromatic heterocycles. The molecule has 0 saturated carbocycles. The van der Waals surface area contributed by atoms with Crippen molar-refractivity contribution in [3.05, 3.63) is 95.5 Å². The molecule has 0 radical (unpaired) electrons. The molecule has 0 aliphatic heterocycles. The van der Waals surface area contributed by atoms with E-state index in [0.29, 0.717) is 34.5 Å². The highest BCUT2D eigenvalue weighted by Crippen LogP contribution is 2.27. The normalized spacial score (nSPS) is 11.2. The summed E-state index contributed by atoms with van der Waals surface area (Å²) in [7, 11) is 0. The quantitative estimate of drug-likeness (QED) is 0.172. The number of fused-ring (bicyclic) bond motifs is 1. The maximum absolute atomic E-state index is 13.1. The summed E-state index contributed by atoms with van der Waals surface area (Å²) in [6, 6.07) is 13.3. The van der Waals surface area contributed by atoms with E-state index in [-0.39, 0.29) is 17.1 Å². The summed E-state index contributed by atoms with van der Waals surface area (Å²) >= 11 is 6.81.